The molecular formula is C16H23NO4. The fourth-order valence-corrected chi connectivity index (χ4v) is 2.67. The summed E-state index contributed by atoms with van der Waals surface area (Å²) in [6.45, 7) is 8.02. The Morgan fingerprint density at radius 1 is 1.19 bits per heavy atom. The third-order valence-electron chi connectivity index (χ3n) is 3.58. The molecule has 1 atom stereocenters. The van der Waals surface area contributed by atoms with Crippen LogP contribution in [0.2, 0.25) is 0 Å². The third kappa shape index (κ3) is 3.12. The van der Waals surface area contributed by atoms with Crippen LogP contribution in [0.25, 0.3) is 0 Å². The highest BCUT2D eigenvalue weighted by Crippen LogP contribution is 2.36. The van der Waals surface area contributed by atoms with Crippen molar-refractivity contribution in [2.45, 2.75) is 58.3 Å². The molecule has 2 rings (SSSR count). The SMILES string of the molecule is CC(C)OC(=O)C1=CN2CCC[C@@]2(C(=O)OC(C)C)C=C1. The van der Waals surface area contributed by atoms with Crippen molar-refractivity contribution in [3.05, 3.63) is 23.9 Å². The van der Waals surface area contributed by atoms with Crippen LogP contribution in [0.15, 0.2) is 23.9 Å². The summed E-state index contributed by atoms with van der Waals surface area (Å²) in [5, 5.41) is 0. The van der Waals surface area contributed by atoms with E-state index in [1.54, 1.807) is 18.4 Å². The van der Waals surface area contributed by atoms with Crippen molar-refractivity contribution in [2.75, 3.05) is 6.54 Å². The second-order valence-corrected chi connectivity index (χ2v) is 6.05. The van der Waals surface area contributed by atoms with Gasteiger partial charge in [-0.15, -0.1) is 0 Å². The molecule has 2 aliphatic heterocycles. The summed E-state index contributed by atoms with van der Waals surface area (Å²) >= 11 is 0. The Balaban J connectivity index is 2.18. The molecule has 0 N–H and O–H groups in total. The number of rotatable bonds is 4. The lowest BCUT2D eigenvalue weighted by molar-refractivity contribution is -0.156. The molecule has 0 unspecified atom stereocenters. The number of carbonyl (C=O) groups excluding carboxylic acids is 2. The first-order chi connectivity index (χ1) is 9.85. The summed E-state index contributed by atoms with van der Waals surface area (Å²) in [5.74, 6) is -0.613. The Kier molecular flexibility index (Phi) is 4.40. The molecule has 1 fully saturated rings. The van der Waals surface area contributed by atoms with Crippen molar-refractivity contribution in [3.63, 3.8) is 0 Å². The van der Waals surface area contributed by atoms with Gasteiger partial charge in [0.15, 0.2) is 5.54 Å². The van der Waals surface area contributed by atoms with Crippen LogP contribution in [0, 0.1) is 0 Å². The van der Waals surface area contributed by atoms with E-state index in [0.29, 0.717) is 12.0 Å². The van der Waals surface area contributed by atoms with Gasteiger partial charge >= 0.3 is 11.9 Å². The largest absolute Gasteiger partial charge is 0.461 e. The molecule has 1 saturated heterocycles. The summed E-state index contributed by atoms with van der Waals surface area (Å²) in [6.07, 6.45) is 6.45. The third-order valence-corrected chi connectivity index (χ3v) is 3.58. The molecule has 116 valence electrons. The summed E-state index contributed by atoms with van der Waals surface area (Å²) in [5.41, 5.74) is -0.287. The lowest BCUT2D eigenvalue weighted by atomic mass is 9.92. The van der Waals surface area contributed by atoms with E-state index in [9.17, 15) is 9.59 Å². The quantitative estimate of drug-likeness (QED) is 0.744. The smallest absolute Gasteiger partial charge is 0.339 e. The topological polar surface area (TPSA) is 55.8 Å². The molecule has 2 heterocycles. The highest BCUT2D eigenvalue weighted by Gasteiger charge is 2.47. The zero-order chi connectivity index (χ0) is 15.6. The number of fused-ring (bicyclic) bond motifs is 1. The molecule has 0 spiro atoms. The Morgan fingerprint density at radius 3 is 2.48 bits per heavy atom. The van der Waals surface area contributed by atoms with E-state index in [2.05, 4.69) is 0 Å². The Morgan fingerprint density at radius 2 is 1.86 bits per heavy atom. The minimum absolute atomic E-state index is 0.154. The van der Waals surface area contributed by atoms with Gasteiger partial charge in [-0.2, -0.15) is 0 Å². The fraction of sp³-hybridized carbons (Fsp3) is 0.625. The van der Waals surface area contributed by atoms with Crippen molar-refractivity contribution < 1.29 is 19.1 Å². The lowest BCUT2D eigenvalue weighted by Crippen LogP contribution is -2.49. The average molecular weight is 293 g/mol. The number of nitrogens with zero attached hydrogens (tertiary/aromatic N) is 1. The van der Waals surface area contributed by atoms with E-state index in [1.165, 1.54) is 0 Å². The maximum absolute atomic E-state index is 12.4. The van der Waals surface area contributed by atoms with Gasteiger partial charge in [-0.25, -0.2) is 9.59 Å². The van der Waals surface area contributed by atoms with Crippen LogP contribution in [-0.4, -0.2) is 41.1 Å². The van der Waals surface area contributed by atoms with Crippen LogP contribution in [0.3, 0.4) is 0 Å². The minimum atomic E-state index is -0.758. The van der Waals surface area contributed by atoms with Gasteiger partial charge in [-0.05, 0) is 52.7 Å². The minimum Gasteiger partial charge on any atom is -0.461 e. The molecule has 0 aliphatic carbocycles. The number of hydrogen-bond donors (Lipinski definition) is 0. The summed E-state index contributed by atoms with van der Waals surface area (Å²) in [4.78, 5) is 26.3. The fourth-order valence-electron chi connectivity index (χ4n) is 2.67. The first-order valence-corrected chi connectivity index (χ1v) is 7.45. The maximum Gasteiger partial charge on any atom is 0.339 e. The molecule has 0 radical (unpaired) electrons. The second-order valence-electron chi connectivity index (χ2n) is 6.05. The van der Waals surface area contributed by atoms with E-state index in [-0.39, 0.29) is 24.1 Å². The molecule has 5 heteroatoms. The van der Waals surface area contributed by atoms with Crippen LogP contribution in [0.5, 0.6) is 0 Å². The van der Waals surface area contributed by atoms with E-state index in [1.807, 2.05) is 32.6 Å². The van der Waals surface area contributed by atoms with E-state index in [0.717, 1.165) is 13.0 Å². The molecule has 0 aromatic rings. The molecule has 21 heavy (non-hydrogen) atoms. The number of ether oxygens (including phenoxy) is 2. The Hall–Kier alpha value is -1.78. The molecular weight excluding hydrogens is 270 g/mol. The van der Waals surface area contributed by atoms with Crippen LogP contribution >= 0.6 is 0 Å². The molecule has 0 saturated carbocycles. The normalized spacial score (nSPS) is 24.1. The number of esters is 2. The van der Waals surface area contributed by atoms with Gasteiger partial charge in [0.1, 0.15) is 0 Å². The molecule has 5 nitrogen and oxygen atoms in total. The first-order valence-electron chi connectivity index (χ1n) is 7.45. The maximum atomic E-state index is 12.4. The van der Waals surface area contributed by atoms with Gasteiger partial charge in [0, 0.05) is 12.7 Å². The second kappa shape index (κ2) is 5.92. The van der Waals surface area contributed by atoms with Crippen molar-refractivity contribution in [1.29, 1.82) is 0 Å². The van der Waals surface area contributed by atoms with Crippen molar-refractivity contribution in [1.82, 2.24) is 4.90 Å². The molecule has 0 aromatic heterocycles. The van der Waals surface area contributed by atoms with E-state index < -0.39 is 5.54 Å². The van der Waals surface area contributed by atoms with Crippen LogP contribution in [0.4, 0.5) is 0 Å². The monoisotopic (exact) mass is 293 g/mol. The van der Waals surface area contributed by atoms with Gasteiger partial charge in [0.2, 0.25) is 0 Å². The van der Waals surface area contributed by atoms with Crippen molar-refractivity contribution >= 4 is 11.9 Å². The van der Waals surface area contributed by atoms with Crippen LogP contribution in [0.1, 0.15) is 40.5 Å². The van der Waals surface area contributed by atoms with Gasteiger partial charge in [-0.3, -0.25) is 0 Å². The van der Waals surface area contributed by atoms with Gasteiger partial charge in [0.25, 0.3) is 0 Å². The molecule has 0 amide bonds. The Labute approximate surface area is 125 Å². The van der Waals surface area contributed by atoms with Crippen LogP contribution < -0.4 is 0 Å². The van der Waals surface area contributed by atoms with E-state index in [4.69, 9.17) is 9.47 Å². The summed E-state index contributed by atoms with van der Waals surface area (Å²) < 4.78 is 10.6. The van der Waals surface area contributed by atoms with Gasteiger partial charge < -0.3 is 14.4 Å². The van der Waals surface area contributed by atoms with Crippen LogP contribution in [-0.2, 0) is 19.1 Å². The zero-order valence-corrected chi connectivity index (χ0v) is 13.1. The van der Waals surface area contributed by atoms with Crippen molar-refractivity contribution in [2.24, 2.45) is 0 Å². The van der Waals surface area contributed by atoms with Gasteiger partial charge in [-0.1, -0.05) is 0 Å². The zero-order valence-electron chi connectivity index (χ0n) is 13.1. The molecule has 0 bridgehead atoms. The van der Waals surface area contributed by atoms with E-state index >= 15 is 0 Å². The number of hydrogen-bond acceptors (Lipinski definition) is 5. The number of carbonyl (C=O) groups is 2. The lowest BCUT2D eigenvalue weighted by Gasteiger charge is -2.36. The highest BCUT2D eigenvalue weighted by atomic mass is 16.5. The first kappa shape index (κ1) is 15.6. The molecule has 0 aromatic carbocycles. The predicted octanol–water partition coefficient (Wildman–Crippen LogP) is 2.18. The van der Waals surface area contributed by atoms with Crippen molar-refractivity contribution in [3.8, 4) is 0 Å². The standard InChI is InChI=1S/C16H23NO4/c1-11(2)20-14(18)13-6-8-16(15(19)21-12(3)4)7-5-9-17(16)10-13/h6,8,10-12H,5,7,9H2,1-4H3/t16-/m0/s1. The summed E-state index contributed by atoms with van der Waals surface area (Å²) in [6, 6.07) is 0. The average Bonchev–Trinajstić information content (AvgIpc) is 2.80. The Bertz CT molecular complexity index is 493. The highest BCUT2D eigenvalue weighted by molar-refractivity contribution is 5.94. The predicted molar refractivity (Wildman–Crippen MR) is 78.4 cm³/mol. The summed E-state index contributed by atoms with van der Waals surface area (Å²) in [7, 11) is 0. The molecule has 2 aliphatic rings. The van der Waals surface area contributed by atoms with Gasteiger partial charge in [0.05, 0.1) is 17.8 Å².